The number of morpholine rings is 1. The van der Waals surface area contributed by atoms with Gasteiger partial charge in [-0.15, -0.1) is 11.3 Å². The number of carbonyl (C=O) groups is 1. The highest BCUT2D eigenvalue weighted by Crippen LogP contribution is 2.34. The number of benzene rings is 1. The molecule has 1 amide bonds. The van der Waals surface area contributed by atoms with Crippen molar-refractivity contribution in [3.63, 3.8) is 0 Å². The summed E-state index contributed by atoms with van der Waals surface area (Å²) in [6, 6.07) is 10.2. The zero-order valence-corrected chi connectivity index (χ0v) is 14.8. The summed E-state index contributed by atoms with van der Waals surface area (Å²) in [4.78, 5) is 19.4. The highest BCUT2D eigenvalue weighted by molar-refractivity contribution is 7.09. The fourth-order valence-electron chi connectivity index (χ4n) is 3.86. The van der Waals surface area contributed by atoms with Crippen LogP contribution in [0.25, 0.3) is 0 Å². The van der Waals surface area contributed by atoms with E-state index in [-0.39, 0.29) is 30.6 Å². The highest BCUT2D eigenvalue weighted by atomic mass is 32.1. The van der Waals surface area contributed by atoms with Gasteiger partial charge in [0, 0.05) is 25.0 Å². The molecular weight excluding hydrogens is 336 g/mol. The largest absolute Gasteiger partial charge is 0.396 e. The van der Waals surface area contributed by atoms with Crippen molar-refractivity contribution in [3.05, 3.63) is 52.0 Å². The molecule has 1 aromatic heterocycles. The molecule has 1 saturated carbocycles. The molecular formula is C19H22N2O3S. The molecule has 2 aromatic rings. The van der Waals surface area contributed by atoms with Crippen LogP contribution in [-0.2, 0) is 11.2 Å². The van der Waals surface area contributed by atoms with Crippen molar-refractivity contribution < 1.29 is 14.6 Å². The molecule has 2 aliphatic rings. The molecule has 1 unspecified atom stereocenters. The summed E-state index contributed by atoms with van der Waals surface area (Å²) in [5.74, 6) is 0.222. The normalized spacial score (nSPS) is 25.8. The highest BCUT2D eigenvalue weighted by Gasteiger charge is 2.43. The number of hydrogen-bond acceptors (Lipinski definition) is 5. The third-order valence-electron chi connectivity index (χ3n) is 5.12. The van der Waals surface area contributed by atoms with Crippen LogP contribution in [0.15, 0.2) is 35.7 Å². The van der Waals surface area contributed by atoms with Crippen molar-refractivity contribution in [1.29, 1.82) is 0 Å². The molecule has 132 valence electrons. The van der Waals surface area contributed by atoms with Crippen LogP contribution in [0.5, 0.6) is 0 Å². The zero-order valence-electron chi connectivity index (χ0n) is 14.0. The molecule has 2 fully saturated rings. The summed E-state index contributed by atoms with van der Waals surface area (Å²) in [5, 5.41) is 12.3. The minimum atomic E-state index is -0.00699. The first-order chi connectivity index (χ1) is 12.2. The summed E-state index contributed by atoms with van der Waals surface area (Å²) >= 11 is 1.54. The fourth-order valence-corrected chi connectivity index (χ4v) is 4.66. The van der Waals surface area contributed by atoms with Gasteiger partial charge in [-0.25, -0.2) is 4.98 Å². The summed E-state index contributed by atoms with van der Waals surface area (Å²) in [6.45, 7) is 1.33. The number of hydrogen-bond donors (Lipinski definition) is 1. The number of thiazole rings is 1. The lowest BCUT2D eigenvalue weighted by atomic mass is 10.1. The number of rotatable bonds is 4. The topological polar surface area (TPSA) is 62.7 Å². The van der Waals surface area contributed by atoms with Crippen LogP contribution in [0.4, 0.5) is 0 Å². The van der Waals surface area contributed by atoms with Gasteiger partial charge < -0.3 is 14.7 Å². The van der Waals surface area contributed by atoms with E-state index in [9.17, 15) is 9.90 Å². The van der Waals surface area contributed by atoms with Gasteiger partial charge in [-0.05, 0) is 24.3 Å². The van der Waals surface area contributed by atoms with Gasteiger partial charge in [0.25, 0.3) is 5.91 Å². The summed E-state index contributed by atoms with van der Waals surface area (Å²) in [5.41, 5.74) is 1.73. The van der Waals surface area contributed by atoms with Crippen molar-refractivity contribution in [1.82, 2.24) is 9.88 Å². The van der Waals surface area contributed by atoms with Crippen LogP contribution in [0, 0.1) is 5.92 Å². The Morgan fingerprint density at radius 1 is 1.32 bits per heavy atom. The smallest absolute Gasteiger partial charge is 0.273 e. The van der Waals surface area contributed by atoms with Crippen molar-refractivity contribution in [3.8, 4) is 0 Å². The number of amides is 1. The van der Waals surface area contributed by atoms with E-state index >= 15 is 0 Å². The Kier molecular flexibility index (Phi) is 4.83. The minimum Gasteiger partial charge on any atom is -0.396 e. The first-order valence-corrected chi connectivity index (χ1v) is 9.64. The standard InChI is InChI=1S/C19H22N2O3S/c22-11-14-8-16-17(9-14)24-7-6-21(16)19(23)15-12-25-18(20-15)10-13-4-2-1-3-5-13/h1-5,12,14,16-17,22H,6-11H2/t14-,16+,17?/m1/s1. The van der Waals surface area contributed by atoms with Crippen LogP contribution in [-0.4, -0.2) is 52.8 Å². The van der Waals surface area contributed by atoms with E-state index in [0.717, 1.165) is 24.3 Å². The Balaban J connectivity index is 1.47. The number of nitrogens with zero attached hydrogens (tertiary/aromatic N) is 2. The predicted octanol–water partition coefficient (Wildman–Crippen LogP) is 2.35. The maximum absolute atomic E-state index is 13.0. The molecule has 0 spiro atoms. The van der Waals surface area contributed by atoms with Crippen molar-refractivity contribution in [2.24, 2.45) is 5.92 Å². The predicted molar refractivity (Wildman–Crippen MR) is 95.7 cm³/mol. The number of fused-ring (bicyclic) bond motifs is 1. The van der Waals surface area contributed by atoms with Gasteiger partial charge in [-0.2, -0.15) is 0 Å². The molecule has 2 heterocycles. The average molecular weight is 358 g/mol. The van der Waals surface area contributed by atoms with E-state index < -0.39 is 0 Å². The van der Waals surface area contributed by atoms with E-state index in [1.807, 2.05) is 28.5 Å². The van der Waals surface area contributed by atoms with Gasteiger partial charge in [0.2, 0.25) is 0 Å². The molecule has 3 atom stereocenters. The lowest BCUT2D eigenvalue weighted by molar-refractivity contribution is -0.0450. The zero-order chi connectivity index (χ0) is 17.2. The maximum Gasteiger partial charge on any atom is 0.273 e. The molecule has 0 radical (unpaired) electrons. The van der Waals surface area contributed by atoms with Gasteiger partial charge in [-0.1, -0.05) is 30.3 Å². The summed E-state index contributed by atoms with van der Waals surface area (Å²) in [7, 11) is 0. The third-order valence-corrected chi connectivity index (χ3v) is 5.97. The third kappa shape index (κ3) is 3.47. The molecule has 5 nitrogen and oxygen atoms in total. The average Bonchev–Trinajstić information content (AvgIpc) is 3.28. The molecule has 0 bridgehead atoms. The lowest BCUT2D eigenvalue weighted by Crippen LogP contribution is -2.51. The van der Waals surface area contributed by atoms with Gasteiger partial charge >= 0.3 is 0 Å². The van der Waals surface area contributed by atoms with Crippen LogP contribution >= 0.6 is 11.3 Å². The Hall–Kier alpha value is -1.76. The van der Waals surface area contributed by atoms with Crippen LogP contribution < -0.4 is 0 Å². The summed E-state index contributed by atoms with van der Waals surface area (Å²) in [6.07, 6.45) is 2.45. The van der Waals surface area contributed by atoms with Crippen LogP contribution in [0.3, 0.4) is 0 Å². The molecule has 1 aliphatic heterocycles. The first kappa shape index (κ1) is 16.7. The first-order valence-electron chi connectivity index (χ1n) is 8.76. The molecule has 25 heavy (non-hydrogen) atoms. The van der Waals surface area contributed by atoms with Crippen LogP contribution in [0.2, 0.25) is 0 Å². The van der Waals surface area contributed by atoms with Crippen molar-refractivity contribution >= 4 is 17.2 Å². The second-order valence-corrected chi connectivity index (χ2v) is 7.73. The van der Waals surface area contributed by atoms with Crippen LogP contribution in [0.1, 0.15) is 33.9 Å². The van der Waals surface area contributed by atoms with E-state index in [0.29, 0.717) is 18.8 Å². The number of aliphatic hydroxyl groups excluding tert-OH is 1. The van der Waals surface area contributed by atoms with E-state index in [2.05, 4.69) is 17.1 Å². The molecule has 6 heteroatoms. The Bertz CT molecular complexity index is 733. The second-order valence-electron chi connectivity index (χ2n) is 6.78. The minimum absolute atomic E-state index is 0.00699. The number of carbonyl (C=O) groups excluding carboxylic acids is 1. The monoisotopic (exact) mass is 358 g/mol. The number of aliphatic hydroxyl groups is 1. The van der Waals surface area contributed by atoms with Gasteiger partial charge in [0.05, 0.1) is 23.8 Å². The van der Waals surface area contributed by atoms with Crippen molar-refractivity contribution in [2.45, 2.75) is 31.4 Å². The lowest BCUT2D eigenvalue weighted by Gasteiger charge is -2.37. The van der Waals surface area contributed by atoms with Gasteiger partial charge in [-0.3, -0.25) is 4.79 Å². The van der Waals surface area contributed by atoms with E-state index in [4.69, 9.17) is 4.74 Å². The molecule has 1 N–H and O–H groups in total. The van der Waals surface area contributed by atoms with E-state index in [1.54, 1.807) is 0 Å². The SMILES string of the molecule is O=C(c1csc(Cc2ccccc2)n1)N1CCOC2C[C@H](CO)C[C@@H]21. The van der Waals surface area contributed by atoms with Crippen molar-refractivity contribution in [2.75, 3.05) is 19.8 Å². The van der Waals surface area contributed by atoms with Gasteiger partial charge in [0.15, 0.2) is 0 Å². The Morgan fingerprint density at radius 3 is 2.96 bits per heavy atom. The molecule has 1 aliphatic carbocycles. The quantitative estimate of drug-likeness (QED) is 0.911. The fraction of sp³-hybridized carbons (Fsp3) is 0.474. The maximum atomic E-state index is 13.0. The second kappa shape index (κ2) is 7.23. The number of aromatic nitrogens is 1. The van der Waals surface area contributed by atoms with Gasteiger partial charge in [0.1, 0.15) is 5.69 Å². The number of ether oxygens (including phenoxy) is 1. The Morgan fingerprint density at radius 2 is 2.16 bits per heavy atom. The molecule has 1 aromatic carbocycles. The summed E-state index contributed by atoms with van der Waals surface area (Å²) < 4.78 is 5.81. The van der Waals surface area contributed by atoms with E-state index in [1.165, 1.54) is 16.9 Å². The molecule has 1 saturated heterocycles. The molecule has 4 rings (SSSR count). The Labute approximate surface area is 151 Å².